The SMILES string of the molecule is CCOCCCn1c(Cc2ccccc2)nc2cc(Cl)ccc21. The van der Waals surface area contributed by atoms with Crippen LogP contribution in [0.15, 0.2) is 48.5 Å². The molecule has 3 aromatic rings. The molecular formula is C19H21ClN2O. The van der Waals surface area contributed by atoms with Crippen LogP contribution in [0.5, 0.6) is 0 Å². The minimum absolute atomic E-state index is 0.725. The number of nitrogens with zero attached hydrogens (tertiary/aromatic N) is 2. The highest BCUT2D eigenvalue weighted by Gasteiger charge is 2.11. The van der Waals surface area contributed by atoms with Gasteiger partial charge in [0.1, 0.15) is 5.82 Å². The lowest BCUT2D eigenvalue weighted by Crippen LogP contribution is -2.07. The second-order valence-corrected chi connectivity index (χ2v) is 5.96. The zero-order valence-corrected chi connectivity index (χ0v) is 14.1. The number of halogens is 1. The number of imidazole rings is 1. The first-order chi connectivity index (χ1) is 11.3. The second kappa shape index (κ2) is 7.62. The maximum atomic E-state index is 6.12. The third kappa shape index (κ3) is 3.92. The molecule has 0 aliphatic carbocycles. The van der Waals surface area contributed by atoms with Gasteiger partial charge in [-0.3, -0.25) is 0 Å². The van der Waals surface area contributed by atoms with Gasteiger partial charge < -0.3 is 9.30 Å². The van der Waals surface area contributed by atoms with Gasteiger partial charge in [0.2, 0.25) is 0 Å². The molecule has 0 atom stereocenters. The number of ether oxygens (including phenoxy) is 1. The van der Waals surface area contributed by atoms with E-state index < -0.39 is 0 Å². The molecule has 0 N–H and O–H groups in total. The van der Waals surface area contributed by atoms with Gasteiger partial charge in [-0.2, -0.15) is 0 Å². The maximum Gasteiger partial charge on any atom is 0.114 e. The Morgan fingerprint density at radius 2 is 1.96 bits per heavy atom. The molecule has 23 heavy (non-hydrogen) atoms. The van der Waals surface area contributed by atoms with E-state index in [1.54, 1.807) is 0 Å². The van der Waals surface area contributed by atoms with E-state index in [1.165, 1.54) is 5.56 Å². The summed E-state index contributed by atoms with van der Waals surface area (Å²) in [5, 5.41) is 0.725. The zero-order valence-electron chi connectivity index (χ0n) is 13.3. The fraction of sp³-hybridized carbons (Fsp3) is 0.316. The van der Waals surface area contributed by atoms with Gasteiger partial charge in [0.25, 0.3) is 0 Å². The molecule has 1 aromatic heterocycles. The standard InChI is InChI=1S/C19H21ClN2O/c1-2-23-12-6-11-22-18-10-9-16(20)14-17(18)21-19(22)13-15-7-4-3-5-8-15/h3-5,7-10,14H,2,6,11-13H2,1H3. The Hall–Kier alpha value is -1.84. The molecule has 0 bridgehead atoms. The molecule has 3 nitrogen and oxygen atoms in total. The highest BCUT2D eigenvalue weighted by Crippen LogP contribution is 2.22. The van der Waals surface area contributed by atoms with Crippen LogP contribution >= 0.6 is 11.6 Å². The molecule has 1 heterocycles. The van der Waals surface area contributed by atoms with Crippen molar-refractivity contribution >= 4 is 22.6 Å². The van der Waals surface area contributed by atoms with E-state index in [9.17, 15) is 0 Å². The fourth-order valence-electron chi connectivity index (χ4n) is 2.78. The number of rotatable bonds is 7. The molecule has 0 unspecified atom stereocenters. The average molecular weight is 329 g/mol. The van der Waals surface area contributed by atoms with E-state index in [4.69, 9.17) is 21.3 Å². The molecule has 0 aliphatic rings. The van der Waals surface area contributed by atoms with Gasteiger partial charge in [-0.05, 0) is 37.1 Å². The van der Waals surface area contributed by atoms with Crippen LogP contribution in [0.25, 0.3) is 11.0 Å². The molecular weight excluding hydrogens is 308 g/mol. The normalized spacial score (nSPS) is 11.2. The Morgan fingerprint density at radius 1 is 1.13 bits per heavy atom. The van der Waals surface area contributed by atoms with Crippen molar-refractivity contribution in [3.63, 3.8) is 0 Å². The molecule has 120 valence electrons. The van der Waals surface area contributed by atoms with Crippen molar-refractivity contribution in [1.82, 2.24) is 9.55 Å². The number of hydrogen-bond donors (Lipinski definition) is 0. The van der Waals surface area contributed by atoms with E-state index in [0.717, 1.165) is 54.5 Å². The maximum absolute atomic E-state index is 6.12. The summed E-state index contributed by atoms with van der Waals surface area (Å²) in [6, 6.07) is 16.4. The second-order valence-electron chi connectivity index (χ2n) is 5.53. The third-order valence-corrected chi connectivity index (χ3v) is 4.10. The smallest absolute Gasteiger partial charge is 0.114 e. The van der Waals surface area contributed by atoms with Crippen LogP contribution in [-0.2, 0) is 17.7 Å². The number of benzene rings is 2. The van der Waals surface area contributed by atoms with Crippen LogP contribution in [0.4, 0.5) is 0 Å². The molecule has 4 heteroatoms. The Balaban J connectivity index is 1.90. The predicted molar refractivity (Wildman–Crippen MR) is 95.1 cm³/mol. The highest BCUT2D eigenvalue weighted by molar-refractivity contribution is 6.31. The monoisotopic (exact) mass is 328 g/mol. The fourth-order valence-corrected chi connectivity index (χ4v) is 2.95. The molecule has 0 radical (unpaired) electrons. The van der Waals surface area contributed by atoms with E-state index in [-0.39, 0.29) is 0 Å². The summed E-state index contributed by atoms with van der Waals surface area (Å²) in [5.41, 5.74) is 3.36. The Kier molecular flexibility index (Phi) is 5.31. The minimum Gasteiger partial charge on any atom is -0.382 e. The summed E-state index contributed by atoms with van der Waals surface area (Å²) < 4.78 is 7.76. The summed E-state index contributed by atoms with van der Waals surface area (Å²) in [4.78, 5) is 4.81. The van der Waals surface area contributed by atoms with Gasteiger partial charge in [-0.1, -0.05) is 41.9 Å². The van der Waals surface area contributed by atoms with Crippen molar-refractivity contribution < 1.29 is 4.74 Å². The van der Waals surface area contributed by atoms with Gasteiger partial charge in [-0.15, -0.1) is 0 Å². The van der Waals surface area contributed by atoms with E-state index in [0.29, 0.717) is 0 Å². The lowest BCUT2D eigenvalue weighted by atomic mass is 10.1. The molecule has 0 aliphatic heterocycles. The zero-order chi connectivity index (χ0) is 16.1. The average Bonchev–Trinajstić information content (AvgIpc) is 2.89. The van der Waals surface area contributed by atoms with Crippen LogP contribution in [0, 0.1) is 0 Å². The number of fused-ring (bicyclic) bond motifs is 1. The summed E-state index contributed by atoms with van der Waals surface area (Å²) in [7, 11) is 0. The van der Waals surface area contributed by atoms with Crippen molar-refractivity contribution in [2.45, 2.75) is 26.3 Å². The van der Waals surface area contributed by atoms with Crippen molar-refractivity contribution in [3.05, 3.63) is 64.9 Å². The van der Waals surface area contributed by atoms with Crippen LogP contribution in [0.3, 0.4) is 0 Å². The molecule has 0 amide bonds. The molecule has 0 spiro atoms. The Bertz CT molecular complexity index is 768. The van der Waals surface area contributed by atoms with Crippen LogP contribution in [0.2, 0.25) is 5.02 Å². The summed E-state index contributed by atoms with van der Waals surface area (Å²) >= 11 is 6.12. The number of hydrogen-bond acceptors (Lipinski definition) is 2. The largest absolute Gasteiger partial charge is 0.382 e. The quantitative estimate of drug-likeness (QED) is 0.587. The van der Waals surface area contributed by atoms with Crippen LogP contribution in [0.1, 0.15) is 24.7 Å². The van der Waals surface area contributed by atoms with E-state index in [1.807, 2.05) is 25.1 Å². The highest BCUT2D eigenvalue weighted by atomic mass is 35.5. The van der Waals surface area contributed by atoms with Crippen molar-refractivity contribution in [1.29, 1.82) is 0 Å². The summed E-state index contributed by atoms with van der Waals surface area (Å²) in [6.07, 6.45) is 1.80. The van der Waals surface area contributed by atoms with Crippen LogP contribution < -0.4 is 0 Å². The number of aryl methyl sites for hydroxylation is 1. The van der Waals surface area contributed by atoms with Crippen molar-refractivity contribution in [2.75, 3.05) is 13.2 Å². The Labute approximate surface area is 141 Å². The summed E-state index contributed by atoms with van der Waals surface area (Å²) in [5.74, 6) is 1.07. The number of aromatic nitrogens is 2. The van der Waals surface area contributed by atoms with E-state index >= 15 is 0 Å². The molecule has 3 rings (SSSR count). The predicted octanol–water partition coefficient (Wildman–Crippen LogP) is 4.71. The van der Waals surface area contributed by atoms with Crippen LogP contribution in [-0.4, -0.2) is 22.8 Å². The lowest BCUT2D eigenvalue weighted by Gasteiger charge is -2.09. The van der Waals surface area contributed by atoms with Crippen molar-refractivity contribution in [2.24, 2.45) is 0 Å². The van der Waals surface area contributed by atoms with Crippen molar-refractivity contribution in [3.8, 4) is 0 Å². The van der Waals surface area contributed by atoms with Gasteiger partial charge in [0.15, 0.2) is 0 Å². The van der Waals surface area contributed by atoms with E-state index in [2.05, 4.69) is 34.9 Å². The molecule has 0 saturated heterocycles. The summed E-state index contributed by atoms with van der Waals surface area (Å²) in [6.45, 7) is 4.46. The molecule has 2 aromatic carbocycles. The molecule has 0 fully saturated rings. The first-order valence-electron chi connectivity index (χ1n) is 8.04. The minimum atomic E-state index is 0.725. The molecule has 0 saturated carbocycles. The Morgan fingerprint density at radius 3 is 2.74 bits per heavy atom. The van der Waals surface area contributed by atoms with Gasteiger partial charge in [0, 0.05) is 31.2 Å². The first kappa shape index (κ1) is 16.0. The topological polar surface area (TPSA) is 27.1 Å². The van der Waals surface area contributed by atoms with Gasteiger partial charge in [-0.25, -0.2) is 4.98 Å². The van der Waals surface area contributed by atoms with Gasteiger partial charge in [0.05, 0.1) is 11.0 Å². The lowest BCUT2D eigenvalue weighted by molar-refractivity contribution is 0.141. The van der Waals surface area contributed by atoms with Gasteiger partial charge >= 0.3 is 0 Å². The third-order valence-electron chi connectivity index (χ3n) is 3.87. The first-order valence-corrected chi connectivity index (χ1v) is 8.42.